The van der Waals surface area contributed by atoms with E-state index >= 15 is 0 Å². The number of halogens is 2. The second-order valence-corrected chi connectivity index (χ2v) is 7.62. The van der Waals surface area contributed by atoms with Gasteiger partial charge in [0.05, 0.1) is 4.90 Å². The number of alkyl halides is 2. The van der Waals surface area contributed by atoms with E-state index in [4.69, 9.17) is 0 Å². The Kier molecular flexibility index (Phi) is 5.28. The number of hydrogen-bond acceptors (Lipinski definition) is 5. The molecule has 2 aromatic rings. The predicted molar refractivity (Wildman–Crippen MR) is 84.7 cm³/mol. The topological polar surface area (TPSA) is 86.1 Å². The lowest BCUT2D eigenvalue weighted by Gasteiger charge is -2.30. The first-order chi connectivity index (χ1) is 11.9. The quantitative estimate of drug-likeness (QED) is 0.841. The van der Waals surface area contributed by atoms with E-state index in [-0.39, 0.29) is 22.7 Å². The highest BCUT2D eigenvalue weighted by Gasteiger charge is 2.27. The highest BCUT2D eigenvalue weighted by molar-refractivity contribution is 7.89. The molecule has 2 atom stereocenters. The summed E-state index contributed by atoms with van der Waals surface area (Å²) in [5.74, 6) is -0.191. The highest BCUT2D eigenvalue weighted by atomic mass is 32.2. The molecule has 1 aliphatic rings. The Labute approximate surface area is 144 Å². The fourth-order valence-corrected chi connectivity index (χ4v) is 4.36. The van der Waals surface area contributed by atoms with Gasteiger partial charge in [-0.2, -0.15) is 8.78 Å². The van der Waals surface area contributed by atoms with Crippen LogP contribution in [0.15, 0.2) is 41.8 Å². The summed E-state index contributed by atoms with van der Waals surface area (Å²) < 4.78 is 58.5. The minimum atomic E-state index is -3.83. The number of nitrogens with one attached hydrogen (secondary N) is 1. The van der Waals surface area contributed by atoms with E-state index in [1.165, 1.54) is 18.2 Å². The molecular weight excluding hydrogens is 354 g/mol. The SMILES string of the molecule is O=S(=O)(N[C@H]1CCC[C@@H](n2cnnc2)C1)c1cccc(OC(F)F)c1. The van der Waals surface area contributed by atoms with Crippen molar-refractivity contribution in [3.05, 3.63) is 36.9 Å². The Morgan fingerprint density at radius 3 is 2.72 bits per heavy atom. The third-order valence-electron chi connectivity index (χ3n) is 4.17. The zero-order valence-electron chi connectivity index (χ0n) is 13.3. The van der Waals surface area contributed by atoms with Crippen molar-refractivity contribution in [1.82, 2.24) is 19.5 Å². The van der Waals surface area contributed by atoms with E-state index in [0.29, 0.717) is 12.8 Å². The van der Waals surface area contributed by atoms with Crippen molar-refractivity contribution in [3.8, 4) is 5.75 Å². The Hall–Kier alpha value is -2.07. The van der Waals surface area contributed by atoms with Crippen LogP contribution in [0.1, 0.15) is 31.7 Å². The Morgan fingerprint density at radius 1 is 1.24 bits per heavy atom. The minimum absolute atomic E-state index is 0.0999. The van der Waals surface area contributed by atoms with Crippen molar-refractivity contribution in [1.29, 1.82) is 0 Å². The molecule has 0 radical (unpaired) electrons. The fourth-order valence-electron chi connectivity index (χ4n) is 3.04. The zero-order chi connectivity index (χ0) is 17.9. The molecule has 10 heteroatoms. The van der Waals surface area contributed by atoms with Gasteiger partial charge >= 0.3 is 6.61 Å². The maximum Gasteiger partial charge on any atom is 0.387 e. The average molecular weight is 372 g/mol. The number of hydrogen-bond donors (Lipinski definition) is 1. The molecule has 25 heavy (non-hydrogen) atoms. The van der Waals surface area contributed by atoms with Crippen LogP contribution in [-0.4, -0.2) is 35.8 Å². The van der Waals surface area contributed by atoms with Crippen molar-refractivity contribution in [2.45, 2.75) is 49.3 Å². The fraction of sp³-hybridized carbons (Fsp3) is 0.467. The van der Waals surface area contributed by atoms with E-state index in [1.807, 2.05) is 4.57 Å². The normalized spacial score (nSPS) is 21.4. The third kappa shape index (κ3) is 4.51. The number of ether oxygens (including phenoxy) is 1. The van der Waals surface area contributed by atoms with Crippen LogP contribution in [-0.2, 0) is 10.0 Å². The van der Waals surface area contributed by atoms with Crippen LogP contribution in [0.2, 0.25) is 0 Å². The predicted octanol–water partition coefficient (Wildman–Crippen LogP) is 2.34. The molecule has 0 bridgehead atoms. The molecule has 0 unspecified atom stereocenters. The molecule has 1 aromatic heterocycles. The van der Waals surface area contributed by atoms with Gasteiger partial charge in [0.2, 0.25) is 10.0 Å². The monoisotopic (exact) mass is 372 g/mol. The molecule has 0 saturated heterocycles. The van der Waals surface area contributed by atoms with Crippen molar-refractivity contribution in [2.24, 2.45) is 0 Å². The van der Waals surface area contributed by atoms with Crippen molar-refractivity contribution < 1.29 is 21.9 Å². The molecule has 0 spiro atoms. The lowest BCUT2D eigenvalue weighted by atomic mass is 9.91. The number of benzene rings is 1. The molecule has 7 nitrogen and oxygen atoms in total. The second-order valence-electron chi connectivity index (χ2n) is 5.90. The zero-order valence-corrected chi connectivity index (χ0v) is 14.1. The minimum Gasteiger partial charge on any atom is -0.435 e. The van der Waals surface area contributed by atoms with E-state index in [2.05, 4.69) is 19.7 Å². The first-order valence-corrected chi connectivity index (χ1v) is 9.34. The molecule has 1 aromatic carbocycles. The summed E-state index contributed by atoms with van der Waals surface area (Å²) in [5.41, 5.74) is 0. The van der Waals surface area contributed by atoms with Gasteiger partial charge in [0.15, 0.2) is 0 Å². The van der Waals surface area contributed by atoms with Crippen molar-refractivity contribution >= 4 is 10.0 Å². The molecule has 0 aliphatic heterocycles. The molecule has 1 heterocycles. The van der Waals surface area contributed by atoms with Crippen LogP contribution in [0.3, 0.4) is 0 Å². The summed E-state index contributed by atoms with van der Waals surface area (Å²) in [6.45, 7) is -3.01. The Morgan fingerprint density at radius 2 is 2.00 bits per heavy atom. The highest BCUT2D eigenvalue weighted by Crippen LogP contribution is 2.29. The first-order valence-electron chi connectivity index (χ1n) is 7.85. The van der Waals surface area contributed by atoms with Crippen LogP contribution in [0.25, 0.3) is 0 Å². The van der Waals surface area contributed by atoms with E-state index < -0.39 is 16.6 Å². The molecule has 1 fully saturated rings. The van der Waals surface area contributed by atoms with Gasteiger partial charge in [-0.25, -0.2) is 13.1 Å². The molecular formula is C15H18F2N4O3S. The van der Waals surface area contributed by atoms with Gasteiger partial charge in [0.1, 0.15) is 18.4 Å². The van der Waals surface area contributed by atoms with Crippen LogP contribution in [0.4, 0.5) is 8.78 Å². The summed E-state index contributed by atoms with van der Waals surface area (Å²) in [6.07, 6.45) is 6.35. The van der Waals surface area contributed by atoms with Crippen molar-refractivity contribution in [2.75, 3.05) is 0 Å². The Balaban J connectivity index is 1.70. The van der Waals surface area contributed by atoms with Gasteiger partial charge in [-0.15, -0.1) is 10.2 Å². The van der Waals surface area contributed by atoms with E-state index in [1.54, 1.807) is 12.7 Å². The van der Waals surface area contributed by atoms with Gasteiger partial charge in [-0.1, -0.05) is 6.07 Å². The number of sulfonamides is 1. The van der Waals surface area contributed by atoms with Gasteiger partial charge < -0.3 is 9.30 Å². The van der Waals surface area contributed by atoms with Gasteiger partial charge in [0.25, 0.3) is 0 Å². The average Bonchev–Trinajstić information content (AvgIpc) is 3.09. The molecule has 1 saturated carbocycles. The lowest BCUT2D eigenvalue weighted by Crippen LogP contribution is -2.38. The van der Waals surface area contributed by atoms with Crippen LogP contribution in [0.5, 0.6) is 5.75 Å². The maximum absolute atomic E-state index is 12.5. The third-order valence-corrected chi connectivity index (χ3v) is 5.69. The number of aromatic nitrogens is 3. The first kappa shape index (κ1) is 17.7. The summed E-state index contributed by atoms with van der Waals surface area (Å²) in [5, 5.41) is 7.55. The molecule has 136 valence electrons. The van der Waals surface area contributed by atoms with E-state index in [9.17, 15) is 17.2 Å². The summed E-state index contributed by atoms with van der Waals surface area (Å²) in [7, 11) is -3.83. The van der Waals surface area contributed by atoms with E-state index in [0.717, 1.165) is 18.9 Å². The van der Waals surface area contributed by atoms with Crippen LogP contribution >= 0.6 is 0 Å². The largest absolute Gasteiger partial charge is 0.435 e. The standard InChI is InChI=1S/C15H18F2N4O3S/c16-15(17)24-13-5-2-6-14(8-13)25(22,23)20-11-3-1-4-12(7-11)21-9-18-19-10-21/h2,5-6,8-12,15,20H,1,3-4,7H2/t11-,12+/m0/s1. The number of rotatable bonds is 6. The van der Waals surface area contributed by atoms with Gasteiger partial charge in [0, 0.05) is 18.2 Å². The molecule has 1 N–H and O–H groups in total. The molecule has 1 aliphatic carbocycles. The smallest absolute Gasteiger partial charge is 0.387 e. The summed E-state index contributed by atoms with van der Waals surface area (Å²) in [4.78, 5) is -0.0999. The lowest BCUT2D eigenvalue weighted by molar-refractivity contribution is -0.0499. The summed E-state index contributed by atoms with van der Waals surface area (Å²) in [6, 6.07) is 4.98. The second kappa shape index (κ2) is 7.44. The molecule has 0 amide bonds. The van der Waals surface area contributed by atoms with Crippen molar-refractivity contribution in [3.63, 3.8) is 0 Å². The maximum atomic E-state index is 12.5. The Bertz CT molecular complexity index is 799. The summed E-state index contributed by atoms with van der Waals surface area (Å²) >= 11 is 0. The van der Waals surface area contributed by atoms with Crippen LogP contribution in [0, 0.1) is 0 Å². The van der Waals surface area contributed by atoms with Gasteiger partial charge in [-0.05, 0) is 37.8 Å². The van der Waals surface area contributed by atoms with Crippen LogP contribution < -0.4 is 9.46 Å². The number of nitrogens with zero attached hydrogens (tertiary/aromatic N) is 3. The molecule has 3 rings (SSSR count). The van der Waals surface area contributed by atoms with Gasteiger partial charge in [-0.3, -0.25) is 0 Å².